The average molecular weight is 299 g/mol. The predicted octanol–water partition coefficient (Wildman–Crippen LogP) is 1.79. The number of para-hydroxylation sites is 1. The van der Waals surface area contributed by atoms with Crippen LogP contribution in [-0.2, 0) is 17.8 Å². The molecule has 0 aromatic heterocycles. The lowest BCUT2D eigenvalue weighted by molar-refractivity contribution is -0.929. The summed E-state index contributed by atoms with van der Waals surface area (Å²) in [6.45, 7) is 3.66. The van der Waals surface area contributed by atoms with Gasteiger partial charge in [-0.25, -0.2) is 4.39 Å². The van der Waals surface area contributed by atoms with Crippen LogP contribution in [0.5, 0.6) is 0 Å². The molecule has 2 aromatic rings. The highest BCUT2D eigenvalue weighted by Crippen LogP contribution is 2.13. The van der Waals surface area contributed by atoms with Crippen molar-refractivity contribution in [1.29, 1.82) is 0 Å². The zero-order valence-electron chi connectivity index (χ0n) is 12.6. The molecule has 22 heavy (non-hydrogen) atoms. The summed E-state index contributed by atoms with van der Waals surface area (Å²) in [5, 5.41) is 2.70. The molecule has 4 heteroatoms. The molecule has 1 aliphatic rings. The van der Waals surface area contributed by atoms with E-state index in [4.69, 9.17) is 0 Å². The van der Waals surface area contributed by atoms with Crippen molar-refractivity contribution in [3.8, 4) is 0 Å². The molecule has 0 spiro atoms. The van der Waals surface area contributed by atoms with Crippen molar-refractivity contribution >= 4 is 11.6 Å². The number of hydrogen-bond acceptors (Lipinski definition) is 1. The second kappa shape index (κ2) is 6.28. The fourth-order valence-corrected chi connectivity index (χ4v) is 2.96. The Morgan fingerprint density at radius 1 is 1.14 bits per heavy atom. The third-order valence-electron chi connectivity index (χ3n) is 4.39. The van der Waals surface area contributed by atoms with E-state index in [1.54, 1.807) is 18.2 Å². The molecule has 1 aliphatic heterocycles. The first kappa shape index (κ1) is 14.7. The van der Waals surface area contributed by atoms with E-state index in [1.807, 2.05) is 13.0 Å². The normalized spacial score (nSPS) is 18.4. The molecule has 2 aromatic carbocycles. The summed E-state index contributed by atoms with van der Waals surface area (Å²) >= 11 is 0. The second-order valence-electron chi connectivity index (χ2n) is 5.79. The van der Waals surface area contributed by atoms with Crippen molar-refractivity contribution in [2.45, 2.75) is 25.9 Å². The van der Waals surface area contributed by atoms with Gasteiger partial charge in [-0.05, 0) is 24.6 Å². The molecule has 0 saturated carbocycles. The molecule has 2 atom stereocenters. The smallest absolute Gasteiger partial charge is 0.282 e. The molecule has 3 rings (SSSR count). The highest BCUT2D eigenvalue weighted by Gasteiger charge is 2.29. The maximum absolute atomic E-state index is 13.6. The molecule has 1 unspecified atom stereocenters. The number of amides is 1. The van der Waals surface area contributed by atoms with Crippen LogP contribution in [0, 0.1) is 5.82 Å². The topological polar surface area (TPSA) is 33.5 Å². The number of benzene rings is 2. The standard InChI is InChI=1S/C18H19FN2O/c1-13(18(22)20-17-9-5-4-8-16(17)19)21-11-10-14-6-2-3-7-15(14)12-21/h2-9,13H,10-12H2,1H3,(H,20,22)/p+1/t13-/m1/s1. The van der Waals surface area contributed by atoms with Crippen molar-refractivity contribution in [2.24, 2.45) is 0 Å². The van der Waals surface area contributed by atoms with Gasteiger partial charge in [-0.3, -0.25) is 4.79 Å². The number of halogens is 1. The molecule has 0 aliphatic carbocycles. The summed E-state index contributed by atoms with van der Waals surface area (Å²) < 4.78 is 13.6. The van der Waals surface area contributed by atoms with Crippen LogP contribution in [0.15, 0.2) is 48.5 Å². The van der Waals surface area contributed by atoms with Crippen LogP contribution in [-0.4, -0.2) is 18.5 Å². The van der Waals surface area contributed by atoms with Crippen molar-refractivity contribution in [3.63, 3.8) is 0 Å². The molecule has 0 bridgehead atoms. The number of nitrogens with one attached hydrogen (secondary N) is 2. The number of carbonyl (C=O) groups is 1. The third kappa shape index (κ3) is 3.02. The van der Waals surface area contributed by atoms with E-state index in [-0.39, 0.29) is 17.6 Å². The summed E-state index contributed by atoms with van der Waals surface area (Å²) in [6.07, 6.45) is 0.975. The fraction of sp³-hybridized carbons (Fsp3) is 0.278. The lowest BCUT2D eigenvalue weighted by Crippen LogP contribution is -3.16. The highest BCUT2D eigenvalue weighted by atomic mass is 19.1. The van der Waals surface area contributed by atoms with Gasteiger partial charge in [0.25, 0.3) is 5.91 Å². The Morgan fingerprint density at radius 2 is 1.82 bits per heavy atom. The van der Waals surface area contributed by atoms with Gasteiger partial charge in [0, 0.05) is 12.0 Å². The van der Waals surface area contributed by atoms with E-state index in [1.165, 1.54) is 22.1 Å². The van der Waals surface area contributed by atoms with E-state index in [0.717, 1.165) is 19.5 Å². The molecule has 1 amide bonds. The molecule has 0 fully saturated rings. The zero-order valence-corrected chi connectivity index (χ0v) is 12.6. The summed E-state index contributed by atoms with van der Waals surface area (Å²) in [5.41, 5.74) is 2.92. The summed E-state index contributed by atoms with van der Waals surface area (Å²) in [7, 11) is 0. The van der Waals surface area contributed by atoms with Gasteiger partial charge in [0.05, 0.1) is 12.2 Å². The summed E-state index contributed by atoms with van der Waals surface area (Å²) in [6, 6.07) is 14.4. The Balaban J connectivity index is 1.68. The van der Waals surface area contributed by atoms with Gasteiger partial charge >= 0.3 is 0 Å². The molecule has 114 valence electrons. The monoisotopic (exact) mass is 299 g/mol. The predicted molar refractivity (Wildman–Crippen MR) is 84.2 cm³/mol. The van der Waals surface area contributed by atoms with Crippen molar-refractivity contribution in [2.75, 3.05) is 11.9 Å². The summed E-state index contributed by atoms with van der Waals surface area (Å²) in [4.78, 5) is 13.6. The van der Waals surface area contributed by atoms with Gasteiger partial charge in [-0.1, -0.05) is 36.4 Å². The van der Waals surface area contributed by atoms with E-state index >= 15 is 0 Å². The zero-order chi connectivity index (χ0) is 15.5. The Kier molecular flexibility index (Phi) is 4.20. The van der Waals surface area contributed by atoms with Gasteiger partial charge in [0.1, 0.15) is 12.4 Å². The lowest BCUT2D eigenvalue weighted by Gasteiger charge is -2.30. The molecule has 0 saturated heterocycles. The number of anilines is 1. The lowest BCUT2D eigenvalue weighted by atomic mass is 9.99. The van der Waals surface area contributed by atoms with E-state index in [0.29, 0.717) is 0 Å². The van der Waals surface area contributed by atoms with Gasteiger partial charge < -0.3 is 10.2 Å². The number of rotatable bonds is 3. The third-order valence-corrected chi connectivity index (χ3v) is 4.39. The number of hydrogen-bond donors (Lipinski definition) is 2. The minimum Gasteiger partial charge on any atom is -0.321 e. The molecule has 1 heterocycles. The summed E-state index contributed by atoms with van der Waals surface area (Å²) in [5.74, 6) is -0.540. The van der Waals surface area contributed by atoms with Gasteiger partial charge in [-0.15, -0.1) is 0 Å². The Bertz CT molecular complexity index is 686. The maximum atomic E-state index is 13.6. The first-order chi connectivity index (χ1) is 10.6. The average Bonchev–Trinajstić information content (AvgIpc) is 2.55. The van der Waals surface area contributed by atoms with E-state index < -0.39 is 5.82 Å². The fourth-order valence-electron chi connectivity index (χ4n) is 2.96. The minimum atomic E-state index is -0.401. The first-order valence-electron chi connectivity index (χ1n) is 7.62. The van der Waals surface area contributed by atoms with Crippen molar-refractivity contribution in [3.05, 3.63) is 65.5 Å². The van der Waals surface area contributed by atoms with Gasteiger partial charge in [0.15, 0.2) is 6.04 Å². The van der Waals surface area contributed by atoms with Crippen LogP contribution in [0.2, 0.25) is 0 Å². The number of quaternary nitrogens is 1. The van der Waals surface area contributed by atoms with E-state index in [2.05, 4.69) is 23.5 Å². The SMILES string of the molecule is C[C@H](C(=O)Nc1ccccc1F)[NH+]1CCc2ccccc2C1. The van der Waals surface area contributed by atoms with Crippen LogP contribution in [0.25, 0.3) is 0 Å². The minimum absolute atomic E-state index is 0.139. The molecular formula is C18H20FN2O+. The van der Waals surface area contributed by atoms with Crippen molar-refractivity contribution in [1.82, 2.24) is 0 Å². The molecular weight excluding hydrogens is 279 g/mol. The van der Waals surface area contributed by atoms with Crippen LogP contribution in [0.4, 0.5) is 10.1 Å². The van der Waals surface area contributed by atoms with E-state index in [9.17, 15) is 9.18 Å². The van der Waals surface area contributed by atoms with Gasteiger partial charge in [0.2, 0.25) is 0 Å². The molecule has 3 nitrogen and oxygen atoms in total. The first-order valence-corrected chi connectivity index (χ1v) is 7.62. The number of fused-ring (bicyclic) bond motifs is 1. The largest absolute Gasteiger partial charge is 0.321 e. The molecule has 2 N–H and O–H groups in total. The second-order valence-corrected chi connectivity index (χ2v) is 5.79. The van der Waals surface area contributed by atoms with Crippen molar-refractivity contribution < 1.29 is 14.1 Å². The quantitative estimate of drug-likeness (QED) is 0.890. The van der Waals surface area contributed by atoms with Crippen LogP contribution >= 0.6 is 0 Å². The molecule has 0 radical (unpaired) electrons. The Hall–Kier alpha value is -2.20. The van der Waals surface area contributed by atoms with Crippen LogP contribution in [0.3, 0.4) is 0 Å². The Morgan fingerprint density at radius 3 is 2.59 bits per heavy atom. The highest BCUT2D eigenvalue weighted by molar-refractivity contribution is 5.93. The van der Waals surface area contributed by atoms with Crippen LogP contribution < -0.4 is 10.2 Å². The Labute approximate surface area is 129 Å². The van der Waals surface area contributed by atoms with Gasteiger partial charge in [-0.2, -0.15) is 0 Å². The number of carbonyl (C=O) groups excluding carboxylic acids is 1. The van der Waals surface area contributed by atoms with Crippen LogP contribution in [0.1, 0.15) is 18.1 Å². The maximum Gasteiger partial charge on any atom is 0.282 e.